The minimum Gasteiger partial charge on any atom is -0.423 e. The molecule has 0 saturated heterocycles. The van der Waals surface area contributed by atoms with E-state index in [1.165, 1.54) is 19.1 Å². The molecular weight excluding hydrogens is 185 g/mol. The van der Waals surface area contributed by atoms with Crippen LogP contribution in [0.1, 0.15) is 11.1 Å². The zero-order chi connectivity index (χ0) is 10.9. The van der Waals surface area contributed by atoms with Crippen molar-refractivity contribution in [2.24, 2.45) is 0 Å². The van der Waals surface area contributed by atoms with Gasteiger partial charge < -0.3 is 10.0 Å². The monoisotopic (exact) mass is 195 g/mol. The second-order valence-electron chi connectivity index (χ2n) is 3.13. The highest BCUT2D eigenvalue weighted by atomic mass is 16.6. The smallest absolute Gasteiger partial charge is 0.423 e. The van der Waals surface area contributed by atoms with Crippen molar-refractivity contribution < 1.29 is 15.0 Å². The first-order valence-electron chi connectivity index (χ1n) is 4.05. The van der Waals surface area contributed by atoms with Crippen molar-refractivity contribution in [3.8, 4) is 0 Å². The summed E-state index contributed by atoms with van der Waals surface area (Å²) < 4.78 is 0. The molecule has 0 amide bonds. The number of hydrogen-bond acceptors (Lipinski definition) is 4. The third kappa shape index (κ3) is 1.91. The highest BCUT2D eigenvalue weighted by Gasteiger charge is 2.21. The molecule has 5 nitrogen and oxygen atoms in total. The van der Waals surface area contributed by atoms with Gasteiger partial charge in [0, 0.05) is 11.6 Å². The summed E-state index contributed by atoms with van der Waals surface area (Å²) in [5, 5.41) is 28.5. The van der Waals surface area contributed by atoms with Crippen LogP contribution in [0.3, 0.4) is 0 Å². The lowest BCUT2D eigenvalue weighted by molar-refractivity contribution is -0.385. The van der Waals surface area contributed by atoms with E-state index < -0.39 is 12.0 Å². The number of benzene rings is 1. The van der Waals surface area contributed by atoms with Gasteiger partial charge in [0.2, 0.25) is 0 Å². The van der Waals surface area contributed by atoms with Gasteiger partial charge in [-0.25, -0.2) is 0 Å². The molecule has 0 aliphatic rings. The predicted octanol–water partition coefficient (Wildman–Crippen LogP) is -0.109. The second-order valence-corrected chi connectivity index (χ2v) is 3.13. The maximum atomic E-state index is 10.6. The van der Waals surface area contributed by atoms with Gasteiger partial charge in [-0.15, -0.1) is 0 Å². The Balaban J connectivity index is 3.40. The number of nitro groups is 1. The maximum Gasteiger partial charge on any atom is 0.488 e. The van der Waals surface area contributed by atoms with Crippen LogP contribution in [-0.4, -0.2) is 22.1 Å². The van der Waals surface area contributed by atoms with E-state index in [-0.39, 0.29) is 16.7 Å². The first-order valence-corrected chi connectivity index (χ1v) is 4.05. The largest absolute Gasteiger partial charge is 0.488 e. The quantitative estimate of drug-likeness (QED) is 0.391. The molecule has 0 heterocycles. The molecule has 74 valence electrons. The lowest BCUT2D eigenvalue weighted by Gasteiger charge is -2.06. The molecule has 0 fully saturated rings. The van der Waals surface area contributed by atoms with E-state index in [2.05, 4.69) is 0 Å². The fraction of sp³-hybridized carbons (Fsp3) is 0.250. The van der Waals surface area contributed by atoms with Crippen LogP contribution >= 0.6 is 0 Å². The molecule has 0 bridgehead atoms. The molecule has 0 unspecified atom stereocenters. The van der Waals surface area contributed by atoms with Gasteiger partial charge in [-0.3, -0.25) is 10.1 Å². The highest BCUT2D eigenvalue weighted by molar-refractivity contribution is 6.59. The van der Waals surface area contributed by atoms with E-state index in [1.807, 2.05) is 0 Å². The van der Waals surface area contributed by atoms with Crippen molar-refractivity contribution in [3.63, 3.8) is 0 Å². The van der Waals surface area contributed by atoms with E-state index in [0.717, 1.165) is 0 Å². The summed E-state index contributed by atoms with van der Waals surface area (Å²) in [6.07, 6.45) is 0. The van der Waals surface area contributed by atoms with Crippen molar-refractivity contribution in [3.05, 3.63) is 33.4 Å². The van der Waals surface area contributed by atoms with Gasteiger partial charge in [-0.2, -0.15) is 0 Å². The molecule has 1 aromatic carbocycles. The third-order valence-corrected chi connectivity index (χ3v) is 2.04. The zero-order valence-electron chi connectivity index (χ0n) is 7.89. The van der Waals surface area contributed by atoms with E-state index in [1.54, 1.807) is 6.92 Å². The molecule has 0 aliphatic heterocycles. The fourth-order valence-corrected chi connectivity index (χ4v) is 1.32. The molecule has 0 aliphatic carbocycles. The van der Waals surface area contributed by atoms with Crippen LogP contribution in [0.15, 0.2) is 12.1 Å². The zero-order valence-corrected chi connectivity index (χ0v) is 7.89. The first-order chi connectivity index (χ1) is 6.43. The molecule has 14 heavy (non-hydrogen) atoms. The lowest BCUT2D eigenvalue weighted by Crippen LogP contribution is -2.32. The summed E-state index contributed by atoms with van der Waals surface area (Å²) in [4.78, 5) is 10.1. The normalized spacial score (nSPS) is 10.0. The Bertz CT molecular complexity index is 378. The Morgan fingerprint density at radius 2 is 1.93 bits per heavy atom. The predicted molar refractivity (Wildman–Crippen MR) is 52.4 cm³/mol. The standard InChI is InChI=1S/C8H10BNO4/c1-5-3-7(9(11)12)6(2)8(4-5)10(13)14/h3-4,11-12H,1-2H3. The van der Waals surface area contributed by atoms with E-state index in [9.17, 15) is 10.1 Å². The van der Waals surface area contributed by atoms with Crippen LogP contribution in [-0.2, 0) is 0 Å². The van der Waals surface area contributed by atoms with Crippen LogP contribution < -0.4 is 5.46 Å². The van der Waals surface area contributed by atoms with Crippen LogP contribution in [0.2, 0.25) is 0 Å². The van der Waals surface area contributed by atoms with Crippen LogP contribution in [0, 0.1) is 24.0 Å². The lowest BCUT2D eigenvalue weighted by atomic mass is 9.76. The molecule has 2 N–H and O–H groups in total. The average Bonchev–Trinajstić information content (AvgIpc) is 2.07. The molecule has 0 atom stereocenters. The van der Waals surface area contributed by atoms with Gasteiger partial charge in [-0.05, 0) is 24.9 Å². The summed E-state index contributed by atoms with van der Waals surface area (Å²) in [5.41, 5.74) is 1.01. The average molecular weight is 195 g/mol. The SMILES string of the molecule is Cc1cc(B(O)O)c(C)c([N+](=O)[O-])c1. The topological polar surface area (TPSA) is 83.6 Å². The van der Waals surface area contributed by atoms with Gasteiger partial charge in [0.05, 0.1) is 4.92 Å². The number of rotatable bonds is 2. The van der Waals surface area contributed by atoms with E-state index >= 15 is 0 Å². The van der Waals surface area contributed by atoms with Crippen LogP contribution in [0.4, 0.5) is 5.69 Å². The van der Waals surface area contributed by atoms with Gasteiger partial charge in [0.25, 0.3) is 5.69 Å². The highest BCUT2D eigenvalue weighted by Crippen LogP contribution is 2.17. The van der Waals surface area contributed by atoms with E-state index in [0.29, 0.717) is 5.56 Å². The Morgan fingerprint density at radius 3 is 2.36 bits per heavy atom. The molecular formula is C8H10BNO4. The number of nitrogens with zero attached hydrogens (tertiary/aromatic N) is 1. The molecule has 0 radical (unpaired) electrons. The van der Waals surface area contributed by atoms with Gasteiger partial charge >= 0.3 is 7.12 Å². The molecule has 1 aromatic rings. The Morgan fingerprint density at radius 1 is 1.36 bits per heavy atom. The molecule has 0 saturated carbocycles. The summed E-state index contributed by atoms with van der Waals surface area (Å²) in [6.45, 7) is 3.16. The third-order valence-electron chi connectivity index (χ3n) is 2.04. The van der Waals surface area contributed by atoms with Crippen molar-refractivity contribution >= 4 is 18.3 Å². The summed E-state index contributed by atoms with van der Waals surface area (Å²) >= 11 is 0. The molecule has 0 aromatic heterocycles. The second kappa shape index (κ2) is 3.77. The van der Waals surface area contributed by atoms with Gasteiger partial charge in [-0.1, -0.05) is 6.07 Å². The minimum absolute atomic E-state index is 0.0897. The maximum absolute atomic E-state index is 10.6. The summed E-state index contributed by atoms with van der Waals surface area (Å²) in [6, 6.07) is 2.92. The number of hydrogen-bond donors (Lipinski definition) is 2. The summed E-state index contributed by atoms with van der Waals surface area (Å²) in [7, 11) is -1.67. The van der Waals surface area contributed by atoms with Crippen molar-refractivity contribution in [2.45, 2.75) is 13.8 Å². The summed E-state index contributed by atoms with van der Waals surface area (Å²) in [5.74, 6) is 0. The molecule has 6 heteroatoms. The minimum atomic E-state index is -1.67. The van der Waals surface area contributed by atoms with Gasteiger partial charge in [0.1, 0.15) is 0 Å². The fourth-order valence-electron chi connectivity index (χ4n) is 1.32. The molecule has 0 spiro atoms. The Kier molecular flexibility index (Phi) is 2.88. The van der Waals surface area contributed by atoms with Crippen molar-refractivity contribution in [1.29, 1.82) is 0 Å². The Labute approximate surface area is 81.3 Å². The van der Waals surface area contributed by atoms with Crippen molar-refractivity contribution in [2.75, 3.05) is 0 Å². The van der Waals surface area contributed by atoms with E-state index in [4.69, 9.17) is 10.0 Å². The molecule has 1 rings (SSSR count). The number of nitro benzene ring substituents is 1. The Hall–Kier alpha value is -1.40. The van der Waals surface area contributed by atoms with Crippen molar-refractivity contribution in [1.82, 2.24) is 0 Å². The van der Waals surface area contributed by atoms with Crippen LogP contribution in [0.5, 0.6) is 0 Å². The first kappa shape index (κ1) is 10.7. The number of aryl methyl sites for hydroxylation is 1. The van der Waals surface area contributed by atoms with Crippen LogP contribution in [0.25, 0.3) is 0 Å². The van der Waals surface area contributed by atoms with Gasteiger partial charge in [0.15, 0.2) is 0 Å².